The lowest BCUT2D eigenvalue weighted by Crippen LogP contribution is -2.03. The molecule has 0 aromatic heterocycles. The third-order valence-electron chi connectivity index (χ3n) is 4.03. The van der Waals surface area contributed by atoms with Crippen molar-refractivity contribution < 1.29 is 9.47 Å². The summed E-state index contributed by atoms with van der Waals surface area (Å²) in [6, 6.07) is 26.5. The molecule has 0 fully saturated rings. The predicted octanol–water partition coefficient (Wildman–Crippen LogP) is 4.93. The van der Waals surface area contributed by atoms with E-state index in [4.69, 9.17) is 9.47 Å². The molecule has 25 heavy (non-hydrogen) atoms. The zero-order valence-corrected chi connectivity index (χ0v) is 14.4. The van der Waals surface area contributed by atoms with Gasteiger partial charge < -0.3 is 14.8 Å². The molecule has 3 heteroatoms. The van der Waals surface area contributed by atoms with Crippen LogP contribution < -0.4 is 14.8 Å². The zero-order chi connectivity index (χ0) is 17.3. The molecule has 0 saturated heterocycles. The van der Waals surface area contributed by atoms with Crippen molar-refractivity contribution in [2.75, 3.05) is 19.0 Å². The maximum absolute atomic E-state index is 5.82. The largest absolute Gasteiger partial charge is 0.496 e. The highest BCUT2D eigenvalue weighted by atomic mass is 16.5. The Bertz CT molecular complexity index is 770. The summed E-state index contributed by atoms with van der Waals surface area (Å²) in [5.74, 6) is 1.79. The molecule has 0 aliphatic carbocycles. The predicted molar refractivity (Wildman–Crippen MR) is 102 cm³/mol. The molecule has 3 aromatic rings. The maximum Gasteiger partial charge on any atom is 0.123 e. The van der Waals surface area contributed by atoms with Gasteiger partial charge in [-0.15, -0.1) is 0 Å². The molecular formula is C22H23NO2. The first-order valence-electron chi connectivity index (χ1n) is 8.48. The summed E-state index contributed by atoms with van der Waals surface area (Å²) < 4.78 is 11.2. The molecule has 0 unspecified atom stereocenters. The van der Waals surface area contributed by atoms with Crippen molar-refractivity contribution in [3.8, 4) is 11.5 Å². The first-order chi connectivity index (χ1) is 12.3. The van der Waals surface area contributed by atoms with Crippen molar-refractivity contribution in [2.45, 2.75) is 13.0 Å². The van der Waals surface area contributed by atoms with Crippen molar-refractivity contribution in [2.24, 2.45) is 0 Å². The minimum Gasteiger partial charge on any atom is -0.496 e. The van der Waals surface area contributed by atoms with E-state index < -0.39 is 0 Å². The Labute approximate surface area is 149 Å². The molecule has 0 spiro atoms. The molecule has 0 atom stereocenters. The van der Waals surface area contributed by atoms with E-state index in [9.17, 15) is 0 Å². The van der Waals surface area contributed by atoms with Crippen LogP contribution in [0.5, 0.6) is 11.5 Å². The number of hydrogen-bond donors (Lipinski definition) is 1. The maximum atomic E-state index is 5.82. The van der Waals surface area contributed by atoms with Crippen molar-refractivity contribution >= 4 is 5.69 Å². The van der Waals surface area contributed by atoms with Crippen LogP contribution in [0.3, 0.4) is 0 Å². The van der Waals surface area contributed by atoms with E-state index in [2.05, 4.69) is 35.6 Å². The van der Waals surface area contributed by atoms with E-state index in [0.29, 0.717) is 6.61 Å². The summed E-state index contributed by atoms with van der Waals surface area (Å²) in [5, 5.41) is 3.41. The summed E-state index contributed by atoms with van der Waals surface area (Å²) in [6.07, 6.45) is 0.911. The number of hydrogen-bond acceptors (Lipinski definition) is 3. The molecule has 3 aromatic carbocycles. The Morgan fingerprint density at radius 3 is 2.28 bits per heavy atom. The van der Waals surface area contributed by atoms with Crippen molar-refractivity contribution in [3.63, 3.8) is 0 Å². The SMILES string of the molecule is COc1ccccc1CNc1ccc(OCCc2ccccc2)cc1. The Balaban J connectivity index is 1.48. The van der Waals surface area contributed by atoms with E-state index in [1.165, 1.54) is 5.56 Å². The average molecular weight is 333 g/mol. The number of rotatable bonds is 8. The Kier molecular flexibility index (Phi) is 5.94. The van der Waals surface area contributed by atoms with E-state index in [0.717, 1.165) is 35.7 Å². The van der Waals surface area contributed by atoms with Crippen LogP contribution in [0.15, 0.2) is 78.9 Å². The summed E-state index contributed by atoms with van der Waals surface area (Å²) in [6.45, 7) is 1.40. The van der Waals surface area contributed by atoms with Crippen LogP contribution in [-0.4, -0.2) is 13.7 Å². The summed E-state index contributed by atoms with van der Waals surface area (Å²) in [4.78, 5) is 0. The topological polar surface area (TPSA) is 30.5 Å². The van der Waals surface area contributed by atoms with Crippen LogP contribution in [0.1, 0.15) is 11.1 Å². The van der Waals surface area contributed by atoms with Gasteiger partial charge in [0, 0.05) is 24.2 Å². The van der Waals surface area contributed by atoms with Gasteiger partial charge in [-0.2, -0.15) is 0 Å². The normalized spacial score (nSPS) is 10.3. The van der Waals surface area contributed by atoms with Gasteiger partial charge in [-0.1, -0.05) is 48.5 Å². The quantitative estimate of drug-likeness (QED) is 0.634. The molecule has 0 bridgehead atoms. The fourth-order valence-corrected chi connectivity index (χ4v) is 2.65. The smallest absolute Gasteiger partial charge is 0.123 e. The highest BCUT2D eigenvalue weighted by molar-refractivity contribution is 5.48. The Morgan fingerprint density at radius 2 is 1.52 bits per heavy atom. The third-order valence-corrected chi connectivity index (χ3v) is 4.03. The van der Waals surface area contributed by atoms with Gasteiger partial charge >= 0.3 is 0 Å². The summed E-state index contributed by atoms with van der Waals surface area (Å²) in [5.41, 5.74) is 3.48. The van der Waals surface area contributed by atoms with Gasteiger partial charge in [0.15, 0.2) is 0 Å². The fourth-order valence-electron chi connectivity index (χ4n) is 2.65. The van der Waals surface area contributed by atoms with Crippen LogP contribution in [0.25, 0.3) is 0 Å². The van der Waals surface area contributed by atoms with Crippen molar-refractivity contribution in [3.05, 3.63) is 90.0 Å². The van der Waals surface area contributed by atoms with Crippen LogP contribution in [0.4, 0.5) is 5.69 Å². The highest BCUT2D eigenvalue weighted by Crippen LogP contribution is 2.20. The lowest BCUT2D eigenvalue weighted by Gasteiger charge is -2.11. The molecule has 0 amide bonds. The molecule has 0 aliphatic rings. The van der Waals surface area contributed by atoms with Gasteiger partial charge in [0.05, 0.1) is 13.7 Å². The van der Waals surface area contributed by atoms with Crippen LogP contribution in [0.2, 0.25) is 0 Å². The second-order valence-corrected chi connectivity index (χ2v) is 5.77. The standard InChI is InChI=1S/C22H23NO2/c1-24-22-10-6-5-9-19(22)17-23-20-11-13-21(14-12-20)25-16-15-18-7-3-2-4-8-18/h2-14,23H,15-17H2,1H3. The molecule has 128 valence electrons. The Hall–Kier alpha value is -2.94. The van der Waals surface area contributed by atoms with Crippen LogP contribution in [0, 0.1) is 0 Å². The third kappa shape index (κ3) is 5.01. The molecule has 0 heterocycles. The van der Waals surface area contributed by atoms with Gasteiger partial charge in [0.1, 0.15) is 11.5 Å². The van der Waals surface area contributed by atoms with Gasteiger partial charge in [0.25, 0.3) is 0 Å². The van der Waals surface area contributed by atoms with Crippen molar-refractivity contribution in [1.29, 1.82) is 0 Å². The van der Waals surface area contributed by atoms with Crippen LogP contribution >= 0.6 is 0 Å². The minimum absolute atomic E-state index is 0.679. The number of methoxy groups -OCH3 is 1. The van der Waals surface area contributed by atoms with E-state index >= 15 is 0 Å². The summed E-state index contributed by atoms with van der Waals surface area (Å²) in [7, 11) is 1.69. The molecule has 1 N–H and O–H groups in total. The minimum atomic E-state index is 0.679. The number of para-hydroxylation sites is 1. The highest BCUT2D eigenvalue weighted by Gasteiger charge is 2.02. The van der Waals surface area contributed by atoms with E-state index in [-0.39, 0.29) is 0 Å². The molecule has 0 radical (unpaired) electrons. The average Bonchev–Trinajstić information content (AvgIpc) is 2.68. The number of nitrogens with one attached hydrogen (secondary N) is 1. The first kappa shape index (κ1) is 16.9. The number of anilines is 1. The molecule has 0 saturated carbocycles. The lowest BCUT2D eigenvalue weighted by atomic mass is 10.2. The Morgan fingerprint density at radius 1 is 0.800 bits per heavy atom. The second kappa shape index (κ2) is 8.78. The molecule has 3 nitrogen and oxygen atoms in total. The first-order valence-corrected chi connectivity index (χ1v) is 8.48. The monoisotopic (exact) mass is 333 g/mol. The van der Waals surface area contributed by atoms with Crippen LogP contribution in [-0.2, 0) is 13.0 Å². The van der Waals surface area contributed by atoms with Gasteiger partial charge in [-0.25, -0.2) is 0 Å². The fraction of sp³-hybridized carbons (Fsp3) is 0.182. The lowest BCUT2D eigenvalue weighted by molar-refractivity contribution is 0.322. The second-order valence-electron chi connectivity index (χ2n) is 5.77. The zero-order valence-electron chi connectivity index (χ0n) is 14.4. The number of benzene rings is 3. The van der Waals surface area contributed by atoms with Crippen molar-refractivity contribution in [1.82, 2.24) is 0 Å². The van der Waals surface area contributed by atoms with Gasteiger partial charge in [0.2, 0.25) is 0 Å². The molecule has 3 rings (SSSR count). The van der Waals surface area contributed by atoms with Gasteiger partial charge in [-0.05, 0) is 35.9 Å². The number of ether oxygens (including phenoxy) is 2. The van der Waals surface area contributed by atoms with E-state index in [1.54, 1.807) is 7.11 Å². The molecule has 0 aliphatic heterocycles. The summed E-state index contributed by atoms with van der Waals surface area (Å²) >= 11 is 0. The van der Waals surface area contributed by atoms with Gasteiger partial charge in [-0.3, -0.25) is 0 Å². The van der Waals surface area contributed by atoms with E-state index in [1.807, 2.05) is 48.5 Å². The molecular weight excluding hydrogens is 310 g/mol.